The molecule has 0 bridgehead atoms. The Labute approximate surface area is 82.2 Å². The molecule has 78 valence electrons. The summed E-state index contributed by atoms with van der Waals surface area (Å²) in [6.45, 7) is 2.10. The number of hydrogen-bond donors (Lipinski definition) is 2. The first-order valence-corrected chi connectivity index (χ1v) is 4.61. The second-order valence-corrected chi connectivity index (χ2v) is 2.99. The van der Waals surface area contributed by atoms with Gasteiger partial charge in [-0.2, -0.15) is 4.39 Å². The van der Waals surface area contributed by atoms with E-state index in [1.807, 2.05) is 6.92 Å². The lowest BCUT2D eigenvalue weighted by Crippen LogP contribution is -2.20. The molecule has 0 aromatic carbocycles. The van der Waals surface area contributed by atoms with Crippen molar-refractivity contribution in [3.05, 3.63) is 18.3 Å². The zero-order valence-electron chi connectivity index (χ0n) is 8.07. The van der Waals surface area contributed by atoms with Crippen LogP contribution in [0.2, 0.25) is 0 Å². The standard InChI is InChI=1S/C9H14FN3O/c1-2-7(3-4-14)13-9-5-8(10)11-6-12-9/h5-7,14H,2-4H2,1H3,(H,11,12,13). The van der Waals surface area contributed by atoms with E-state index < -0.39 is 5.95 Å². The fourth-order valence-corrected chi connectivity index (χ4v) is 1.16. The maximum Gasteiger partial charge on any atom is 0.217 e. The SMILES string of the molecule is CCC(CCO)Nc1cc(F)ncn1. The third-order valence-corrected chi connectivity index (χ3v) is 1.96. The van der Waals surface area contributed by atoms with Gasteiger partial charge in [0.1, 0.15) is 12.1 Å². The van der Waals surface area contributed by atoms with Gasteiger partial charge in [0.15, 0.2) is 0 Å². The van der Waals surface area contributed by atoms with Gasteiger partial charge in [0, 0.05) is 18.7 Å². The van der Waals surface area contributed by atoms with Gasteiger partial charge in [-0.1, -0.05) is 6.92 Å². The van der Waals surface area contributed by atoms with Crippen LogP contribution in [0.25, 0.3) is 0 Å². The van der Waals surface area contributed by atoms with Crippen LogP contribution in [-0.2, 0) is 0 Å². The zero-order valence-corrected chi connectivity index (χ0v) is 8.07. The van der Waals surface area contributed by atoms with Crippen molar-refractivity contribution in [3.63, 3.8) is 0 Å². The maximum absolute atomic E-state index is 12.7. The highest BCUT2D eigenvalue weighted by molar-refractivity contribution is 5.33. The minimum atomic E-state index is -0.554. The van der Waals surface area contributed by atoms with Crippen molar-refractivity contribution in [1.82, 2.24) is 9.97 Å². The van der Waals surface area contributed by atoms with E-state index in [1.54, 1.807) is 0 Å². The molecular formula is C9H14FN3O. The predicted octanol–water partition coefficient (Wildman–Crippen LogP) is 1.19. The van der Waals surface area contributed by atoms with Gasteiger partial charge in [-0.05, 0) is 12.8 Å². The van der Waals surface area contributed by atoms with E-state index in [-0.39, 0.29) is 12.6 Å². The Bertz CT molecular complexity index is 283. The molecule has 1 atom stereocenters. The molecule has 0 aliphatic carbocycles. The first kappa shape index (κ1) is 10.8. The van der Waals surface area contributed by atoms with Gasteiger partial charge in [-0.25, -0.2) is 9.97 Å². The van der Waals surface area contributed by atoms with Gasteiger partial charge in [0.05, 0.1) is 0 Å². The molecule has 0 aliphatic rings. The third kappa shape index (κ3) is 3.26. The summed E-state index contributed by atoms with van der Waals surface area (Å²) < 4.78 is 12.7. The molecule has 0 saturated heterocycles. The molecule has 0 radical (unpaired) electrons. The summed E-state index contributed by atoms with van der Waals surface area (Å²) in [4.78, 5) is 7.22. The van der Waals surface area contributed by atoms with Crippen molar-refractivity contribution in [2.24, 2.45) is 0 Å². The number of anilines is 1. The molecule has 1 aromatic rings. The van der Waals surface area contributed by atoms with E-state index >= 15 is 0 Å². The van der Waals surface area contributed by atoms with Gasteiger partial charge in [0.2, 0.25) is 5.95 Å². The normalized spacial score (nSPS) is 12.5. The van der Waals surface area contributed by atoms with E-state index in [9.17, 15) is 4.39 Å². The smallest absolute Gasteiger partial charge is 0.217 e. The van der Waals surface area contributed by atoms with E-state index in [1.165, 1.54) is 12.4 Å². The third-order valence-electron chi connectivity index (χ3n) is 1.96. The van der Waals surface area contributed by atoms with Crippen LogP contribution in [0.3, 0.4) is 0 Å². The molecule has 1 heterocycles. The lowest BCUT2D eigenvalue weighted by Gasteiger charge is -2.15. The quantitative estimate of drug-likeness (QED) is 0.699. The average Bonchev–Trinajstić information content (AvgIpc) is 2.17. The van der Waals surface area contributed by atoms with Crippen molar-refractivity contribution in [3.8, 4) is 0 Å². The topological polar surface area (TPSA) is 58.0 Å². The lowest BCUT2D eigenvalue weighted by atomic mass is 10.1. The summed E-state index contributed by atoms with van der Waals surface area (Å²) >= 11 is 0. The van der Waals surface area contributed by atoms with Gasteiger partial charge < -0.3 is 10.4 Å². The molecule has 5 heteroatoms. The molecular weight excluding hydrogens is 185 g/mol. The molecule has 14 heavy (non-hydrogen) atoms. The molecule has 1 rings (SSSR count). The Morgan fingerprint density at radius 3 is 2.93 bits per heavy atom. The summed E-state index contributed by atoms with van der Waals surface area (Å²) in [5.74, 6) is -0.0980. The molecule has 0 aliphatic heterocycles. The van der Waals surface area contributed by atoms with Crippen LogP contribution >= 0.6 is 0 Å². The zero-order chi connectivity index (χ0) is 10.4. The first-order chi connectivity index (χ1) is 6.76. The van der Waals surface area contributed by atoms with E-state index in [0.29, 0.717) is 12.2 Å². The molecule has 1 unspecified atom stereocenters. The number of aromatic nitrogens is 2. The highest BCUT2D eigenvalue weighted by atomic mass is 19.1. The molecule has 2 N–H and O–H groups in total. The molecule has 0 fully saturated rings. The number of hydrogen-bond acceptors (Lipinski definition) is 4. The maximum atomic E-state index is 12.7. The van der Waals surface area contributed by atoms with E-state index in [2.05, 4.69) is 15.3 Å². The highest BCUT2D eigenvalue weighted by Gasteiger charge is 2.06. The highest BCUT2D eigenvalue weighted by Crippen LogP contribution is 2.08. The second kappa shape index (κ2) is 5.49. The Morgan fingerprint density at radius 1 is 1.57 bits per heavy atom. The number of aliphatic hydroxyl groups is 1. The van der Waals surface area contributed by atoms with Gasteiger partial charge >= 0.3 is 0 Å². The van der Waals surface area contributed by atoms with Crippen LogP contribution < -0.4 is 5.32 Å². The number of aliphatic hydroxyl groups excluding tert-OH is 1. The van der Waals surface area contributed by atoms with Crippen molar-refractivity contribution < 1.29 is 9.50 Å². The van der Waals surface area contributed by atoms with Crippen LogP contribution in [0.5, 0.6) is 0 Å². The first-order valence-electron chi connectivity index (χ1n) is 4.61. The number of rotatable bonds is 5. The molecule has 1 aromatic heterocycles. The van der Waals surface area contributed by atoms with E-state index in [0.717, 1.165) is 6.42 Å². The predicted molar refractivity (Wildman–Crippen MR) is 51.4 cm³/mol. The van der Waals surface area contributed by atoms with Crippen molar-refractivity contribution >= 4 is 5.82 Å². The number of nitrogens with one attached hydrogen (secondary N) is 1. The lowest BCUT2D eigenvalue weighted by molar-refractivity contribution is 0.278. The summed E-state index contributed by atoms with van der Waals surface area (Å²) in [6, 6.07) is 1.36. The largest absolute Gasteiger partial charge is 0.396 e. The van der Waals surface area contributed by atoms with Crippen molar-refractivity contribution in [2.75, 3.05) is 11.9 Å². The second-order valence-electron chi connectivity index (χ2n) is 2.99. The monoisotopic (exact) mass is 199 g/mol. The Balaban J connectivity index is 2.57. The van der Waals surface area contributed by atoms with Crippen LogP contribution in [0.4, 0.5) is 10.2 Å². The van der Waals surface area contributed by atoms with E-state index in [4.69, 9.17) is 5.11 Å². The Kier molecular flexibility index (Phi) is 4.25. The minimum Gasteiger partial charge on any atom is -0.396 e. The van der Waals surface area contributed by atoms with Gasteiger partial charge in [0.25, 0.3) is 0 Å². The minimum absolute atomic E-state index is 0.110. The van der Waals surface area contributed by atoms with Gasteiger partial charge in [-0.3, -0.25) is 0 Å². The van der Waals surface area contributed by atoms with Gasteiger partial charge in [-0.15, -0.1) is 0 Å². The number of nitrogens with zero attached hydrogens (tertiary/aromatic N) is 2. The fraction of sp³-hybridized carbons (Fsp3) is 0.556. The Morgan fingerprint density at radius 2 is 2.36 bits per heavy atom. The summed E-state index contributed by atoms with van der Waals surface area (Å²) in [5.41, 5.74) is 0. The Hall–Kier alpha value is -1.23. The van der Waals surface area contributed by atoms with Crippen LogP contribution in [-0.4, -0.2) is 27.7 Å². The fourth-order valence-electron chi connectivity index (χ4n) is 1.16. The van der Waals surface area contributed by atoms with Crippen molar-refractivity contribution in [1.29, 1.82) is 0 Å². The molecule has 4 nitrogen and oxygen atoms in total. The van der Waals surface area contributed by atoms with Crippen LogP contribution in [0, 0.1) is 5.95 Å². The molecule has 0 saturated carbocycles. The van der Waals surface area contributed by atoms with Crippen LogP contribution in [0.15, 0.2) is 12.4 Å². The molecule has 0 spiro atoms. The average molecular weight is 199 g/mol. The van der Waals surface area contributed by atoms with Crippen molar-refractivity contribution in [2.45, 2.75) is 25.8 Å². The summed E-state index contributed by atoms with van der Waals surface area (Å²) in [5, 5.41) is 11.8. The summed E-state index contributed by atoms with van der Waals surface area (Å²) in [7, 11) is 0. The summed E-state index contributed by atoms with van der Waals surface area (Å²) in [6.07, 6.45) is 2.65. The molecule has 0 amide bonds. The van der Waals surface area contributed by atoms with Crippen LogP contribution in [0.1, 0.15) is 19.8 Å². The number of halogens is 1.